The molecule has 0 N–H and O–H groups in total. The molecule has 0 amide bonds. The second-order valence-corrected chi connectivity index (χ2v) is 8.42. The second-order valence-electron chi connectivity index (χ2n) is 7.58. The van der Waals surface area contributed by atoms with Crippen LogP contribution in [0.25, 0.3) is 0 Å². The largest absolute Gasteiger partial charge is 0.361 e. The topological polar surface area (TPSA) is 6.48 Å². The molecule has 0 spiro atoms. The van der Waals surface area contributed by atoms with Crippen LogP contribution in [0.2, 0.25) is 10.0 Å². The molecular formula is C24H23Cl2FN2. The van der Waals surface area contributed by atoms with Crippen molar-refractivity contribution in [3.63, 3.8) is 0 Å². The van der Waals surface area contributed by atoms with Crippen molar-refractivity contribution in [3.8, 4) is 0 Å². The summed E-state index contributed by atoms with van der Waals surface area (Å²) in [5.41, 5.74) is 4.62. The summed E-state index contributed by atoms with van der Waals surface area (Å²) in [6.45, 7) is 5.50. The Labute approximate surface area is 181 Å². The first-order valence-corrected chi connectivity index (χ1v) is 10.5. The van der Waals surface area contributed by atoms with E-state index in [4.69, 9.17) is 23.2 Å². The molecule has 1 unspecified atom stereocenters. The van der Waals surface area contributed by atoms with Crippen LogP contribution in [0.5, 0.6) is 0 Å². The van der Waals surface area contributed by atoms with Crippen molar-refractivity contribution in [3.05, 3.63) is 99.3 Å². The monoisotopic (exact) mass is 428 g/mol. The Morgan fingerprint density at radius 2 is 1.66 bits per heavy atom. The highest BCUT2D eigenvalue weighted by molar-refractivity contribution is 6.36. The van der Waals surface area contributed by atoms with Crippen molar-refractivity contribution in [2.24, 2.45) is 0 Å². The Hall–Kier alpha value is -2.07. The van der Waals surface area contributed by atoms with Gasteiger partial charge < -0.3 is 4.90 Å². The molecule has 150 valence electrons. The first-order chi connectivity index (χ1) is 14.0. The van der Waals surface area contributed by atoms with E-state index in [-0.39, 0.29) is 11.9 Å². The Kier molecular flexibility index (Phi) is 6.09. The summed E-state index contributed by atoms with van der Waals surface area (Å²) in [5.74, 6) is -0.200. The molecular weight excluding hydrogens is 406 g/mol. The number of rotatable bonds is 4. The van der Waals surface area contributed by atoms with Gasteiger partial charge in [-0.25, -0.2) is 4.39 Å². The number of anilines is 1. The summed E-state index contributed by atoms with van der Waals surface area (Å²) in [5, 5.41) is 1.31. The normalized spacial score (nSPS) is 17.5. The predicted octanol–water partition coefficient (Wildman–Crippen LogP) is 6.50. The van der Waals surface area contributed by atoms with Gasteiger partial charge in [-0.15, -0.1) is 0 Å². The smallest absolute Gasteiger partial charge is 0.123 e. The van der Waals surface area contributed by atoms with Crippen LogP contribution < -0.4 is 4.90 Å². The minimum absolute atomic E-state index is 0.170. The first kappa shape index (κ1) is 20.2. The molecule has 2 nitrogen and oxygen atoms in total. The lowest BCUT2D eigenvalue weighted by molar-refractivity contribution is 0.215. The van der Waals surface area contributed by atoms with E-state index in [2.05, 4.69) is 41.0 Å². The van der Waals surface area contributed by atoms with Gasteiger partial charge in [0.25, 0.3) is 0 Å². The SMILES string of the molecule is Cc1ccc(C2CN(Cc3ccc(F)cc3)CCN2c2ccc(Cl)cc2Cl)cc1. The van der Waals surface area contributed by atoms with Gasteiger partial charge in [0.15, 0.2) is 0 Å². The van der Waals surface area contributed by atoms with E-state index in [9.17, 15) is 4.39 Å². The molecule has 1 aliphatic rings. The number of nitrogens with zero attached hydrogens (tertiary/aromatic N) is 2. The third kappa shape index (κ3) is 4.75. The Balaban J connectivity index is 1.62. The van der Waals surface area contributed by atoms with Crippen LogP contribution in [0.1, 0.15) is 22.7 Å². The Bertz CT molecular complexity index is 973. The van der Waals surface area contributed by atoms with Crippen LogP contribution >= 0.6 is 23.2 Å². The Morgan fingerprint density at radius 1 is 0.931 bits per heavy atom. The van der Waals surface area contributed by atoms with Gasteiger partial charge in [-0.2, -0.15) is 0 Å². The zero-order valence-corrected chi connectivity index (χ0v) is 17.8. The van der Waals surface area contributed by atoms with Crippen LogP contribution in [0, 0.1) is 12.7 Å². The second kappa shape index (κ2) is 8.74. The highest BCUT2D eigenvalue weighted by atomic mass is 35.5. The van der Waals surface area contributed by atoms with Crippen molar-refractivity contribution in [2.45, 2.75) is 19.5 Å². The minimum atomic E-state index is -0.200. The quantitative estimate of drug-likeness (QED) is 0.467. The number of hydrogen-bond donors (Lipinski definition) is 0. The fraction of sp³-hybridized carbons (Fsp3) is 0.250. The summed E-state index contributed by atoms with van der Waals surface area (Å²) in [7, 11) is 0. The average Bonchev–Trinajstić information content (AvgIpc) is 2.71. The van der Waals surface area contributed by atoms with Gasteiger partial charge >= 0.3 is 0 Å². The van der Waals surface area contributed by atoms with Crippen molar-refractivity contribution >= 4 is 28.9 Å². The van der Waals surface area contributed by atoms with E-state index in [1.165, 1.54) is 23.3 Å². The highest BCUT2D eigenvalue weighted by Crippen LogP contribution is 2.36. The molecule has 0 radical (unpaired) electrons. The van der Waals surface area contributed by atoms with Crippen LogP contribution in [-0.2, 0) is 6.54 Å². The fourth-order valence-corrected chi connectivity index (χ4v) is 4.42. The van der Waals surface area contributed by atoms with Crippen LogP contribution in [0.15, 0.2) is 66.7 Å². The molecule has 1 atom stereocenters. The van der Waals surface area contributed by atoms with E-state index in [0.29, 0.717) is 10.0 Å². The lowest BCUT2D eigenvalue weighted by Crippen LogP contribution is -2.48. The van der Waals surface area contributed by atoms with Crippen LogP contribution in [0.3, 0.4) is 0 Å². The summed E-state index contributed by atoms with van der Waals surface area (Å²) < 4.78 is 13.2. The maximum Gasteiger partial charge on any atom is 0.123 e. The summed E-state index contributed by atoms with van der Waals surface area (Å²) >= 11 is 12.7. The molecule has 3 aromatic rings. The number of hydrogen-bond acceptors (Lipinski definition) is 2. The number of aryl methyl sites for hydroxylation is 1. The van der Waals surface area contributed by atoms with E-state index in [1.807, 2.05) is 24.3 Å². The third-order valence-electron chi connectivity index (χ3n) is 5.47. The molecule has 0 aliphatic carbocycles. The van der Waals surface area contributed by atoms with E-state index in [0.717, 1.165) is 37.4 Å². The zero-order valence-electron chi connectivity index (χ0n) is 16.3. The maximum atomic E-state index is 13.2. The van der Waals surface area contributed by atoms with E-state index in [1.54, 1.807) is 6.07 Å². The van der Waals surface area contributed by atoms with Crippen molar-refractivity contribution in [2.75, 3.05) is 24.5 Å². The minimum Gasteiger partial charge on any atom is -0.361 e. The lowest BCUT2D eigenvalue weighted by atomic mass is 9.99. The van der Waals surface area contributed by atoms with Gasteiger partial charge in [0, 0.05) is 31.2 Å². The van der Waals surface area contributed by atoms with Gasteiger partial charge in [0.1, 0.15) is 5.82 Å². The zero-order chi connectivity index (χ0) is 20.4. The standard InChI is InChI=1S/C24H23Cl2FN2/c1-17-2-6-19(7-3-17)24-16-28(15-18-4-9-21(27)10-5-18)12-13-29(24)23-11-8-20(25)14-22(23)26/h2-11,14,24H,12-13,15-16H2,1H3. The predicted molar refractivity (Wildman–Crippen MR) is 119 cm³/mol. The molecule has 1 aliphatic heterocycles. The number of piperazine rings is 1. The maximum absolute atomic E-state index is 13.2. The number of benzene rings is 3. The van der Waals surface area contributed by atoms with Crippen molar-refractivity contribution in [1.29, 1.82) is 0 Å². The molecule has 0 aromatic heterocycles. The molecule has 0 bridgehead atoms. The highest BCUT2D eigenvalue weighted by Gasteiger charge is 2.29. The third-order valence-corrected chi connectivity index (χ3v) is 6.00. The van der Waals surface area contributed by atoms with Crippen LogP contribution in [0.4, 0.5) is 10.1 Å². The molecule has 5 heteroatoms. The summed E-state index contributed by atoms with van der Waals surface area (Å²) in [4.78, 5) is 4.78. The Morgan fingerprint density at radius 3 is 2.34 bits per heavy atom. The average molecular weight is 429 g/mol. The first-order valence-electron chi connectivity index (χ1n) is 9.74. The van der Waals surface area contributed by atoms with Crippen molar-refractivity contribution in [1.82, 2.24) is 4.90 Å². The molecule has 0 saturated carbocycles. The summed E-state index contributed by atoms with van der Waals surface area (Å²) in [6, 6.07) is 21.3. The van der Waals surface area contributed by atoms with Crippen LogP contribution in [-0.4, -0.2) is 24.5 Å². The molecule has 1 saturated heterocycles. The fourth-order valence-electron chi connectivity index (χ4n) is 3.91. The van der Waals surface area contributed by atoms with Gasteiger partial charge in [0.2, 0.25) is 0 Å². The van der Waals surface area contributed by atoms with E-state index >= 15 is 0 Å². The number of halogens is 3. The van der Waals surface area contributed by atoms with Gasteiger partial charge in [-0.3, -0.25) is 4.90 Å². The lowest BCUT2D eigenvalue weighted by Gasteiger charge is -2.43. The van der Waals surface area contributed by atoms with Crippen molar-refractivity contribution < 1.29 is 4.39 Å². The molecule has 4 rings (SSSR count). The molecule has 1 heterocycles. The van der Waals surface area contributed by atoms with Gasteiger partial charge in [0.05, 0.1) is 16.8 Å². The molecule has 29 heavy (non-hydrogen) atoms. The van der Waals surface area contributed by atoms with Gasteiger partial charge in [-0.05, 0) is 48.4 Å². The molecule has 1 fully saturated rings. The van der Waals surface area contributed by atoms with E-state index < -0.39 is 0 Å². The molecule has 3 aromatic carbocycles. The summed E-state index contributed by atoms with van der Waals surface area (Å²) in [6.07, 6.45) is 0. The van der Waals surface area contributed by atoms with Gasteiger partial charge in [-0.1, -0.05) is 65.2 Å².